The minimum absolute atomic E-state index is 0.0235. The normalized spacial score (nSPS) is 13.6. The molecule has 0 spiro atoms. The number of amides is 2. The van der Waals surface area contributed by atoms with Crippen LogP contribution in [0.1, 0.15) is 18.9 Å². The molecule has 3 aromatic rings. The Bertz CT molecular complexity index is 1260. The van der Waals surface area contributed by atoms with Crippen LogP contribution < -0.4 is 15.0 Å². The Morgan fingerprint density at radius 2 is 1.64 bits per heavy atom. The maximum atomic E-state index is 13.7. The molecular weight excluding hydrogens is 433 g/mol. The minimum Gasteiger partial charge on any atom is -0.494 e. The topological polar surface area (TPSA) is 58.6 Å². The van der Waals surface area contributed by atoms with Gasteiger partial charge in [0.05, 0.1) is 17.9 Å². The standard InChI is InChI=1S/C25H19F3N2O3/c1-2-12-33-19-5-3-4-18(14-19)30-24(31)22(15-6-8-16(26)9-7-15)23(25(30)32)29-17-10-11-20(27)21(28)13-17/h3-11,13-14,29H,2,12H2,1H3. The molecule has 0 unspecified atom stereocenters. The van der Waals surface area contributed by atoms with Gasteiger partial charge in [0.25, 0.3) is 11.8 Å². The zero-order valence-electron chi connectivity index (χ0n) is 17.6. The number of hydrogen-bond donors (Lipinski definition) is 1. The largest absolute Gasteiger partial charge is 0.494 e. The van der Waals surface area contributed by atoms with E-state index in [1.807, 2.05) is 6.92 Å². The number of anilines is 2. The number of ether oxygens (including phenoxy) is 1. The zero-order valence-corrected chi connectivity index (χ0v) is 17.6. The Morgan fingerprint density at radius 1 is 0.879 bits per heavy atom. The Balaban J connectivity index is 1.77. The fourth-order valence-electron chi connectivity index (χ4n) is 3.42. The lowest BCUT2D eigenvalue weighted by Crippen LogP contribution is -2.32. The summed E-state index contributed by atoms with van der Waals surface area (Å²) in [7, 11) is 0. The summed E-state index contributed by atoms with van der Waals surface area (Å²) in [6, 6.07) is 14.6. The Kier molecular flexibility index (Phi) is 6.17. The van der Waals surface area contributed by atoms with Crippen LogP contribution in [0.3, 0.4) is 0 Å². The summed E-state index contributed by atoms with van der Waals surface area (Å²) in [6.07, 6.45) is 0.782. The molecule has 8 heteroatoms. The molecular formula is C25H19F3N2O3. The molecule has 168 valence electrons. The zero-order chi connectivity index (χ0) is 23.5. The van der Waals surface area contributed by atoms with Gasteiger partial charge in [-0.15, -0.1) is 0 Å². The van der Waals surface area contributed by atoms with Gasteiger partial charge >= 0.3 is 0 Å². The van der Waals surface area contributed by atoms with Gasteiger partial charge in [-0.2, -0.15) is 0 Å². The lowest BCUT2D eigenvalue weighted by atomic mass is 10.0. The van der Waals surface area contributed by atoms with Crippen LogP contribution in [0.5, 0.6) is 5.75 Å². The Labute approximate surface area is 188 Å². The van der Waals surface area contributed by atoms with E-state index in [1.165, 1.54) is 18.2 Å². The smallest absolute Gasteiger partial charge is 0.282 e. The molecule has 5 nitrogen and oxygen atoms in total. The van der Waals surface area contributed by atoms with E-state index in [2.05, 4.69) is 5.32 Å². The third-order valence-corrected chi connectivity index (χ3v) is 4.95. The first kappa shape index (κ1) is 22.1. The third-order valence-electron chi connectivity index (χ3n) is 4.95. The minimum atomic E-state index is -1.11. The van der Waals surface area contributed by atoms with E-state index in [0.717, 1.165) is 35.6 Å². The molecule has 0 bridgehead atoms. The molecule has 0 aromatic heterocycles. The maximum Gasteiger partial charge on any atom is 0.282 e. The highest BCUT2D eigenvalue weighted by atomic mass is 19.2. The monoisotopic (exact) mass is 452 g/mol. The van der Waals surface area contributed by atoms with Gasteiger partial charge in [0.2, 0.25) is 0 Å². The first-order chi connectivity index (χ1) is 15.9. The van der Waals surface area contributed by atoms with Crippen LogP contribution in [0.2, 0.25) is 0 Å². The van der Waals surface area contributed by atoms with Gasteiger partial charge in [0.1, 0.15) is 17.3 Å². The number of imide groups is 1. The Morgan fingerprint density at radius 3 is 2.33 bits per heavy atom. The maximum absolute atomic E-state index is 13.7. The van der Waals surface area contributed by atoms with Crippen LogP contribution in [-0.4, -0.2) is 18.4 Å². The average Bonchev–Trinajstić information content (AvgIpc) is 3.05. The van der Waals surface area contributed by atoms with Crippen molar-refractivity contribution in [1.29, 1.82) is 0 Å². The molecule has 0 saturated heterocycles. The van der Waals surface area contributed by atoms with Gasteiger partial charge in [-0.1, -0.05) is 25.1 Å². The molecule has 1 aliphatic rings. The Hall–Kier alpha value is -4.07. The van der Waals surface area contributed by atoms with E-state index in [9.17, 15) is 22.8 Å². The molecule has 1 N–H and O–H groups in total. The molecule has 0 fully saturated rings. The molecule has 4 rings (SSSR count). The van der Waals surface area contributed by atoms with Crippen molar-refractivity contribution in [2.45, 2.75) is 13.3 Å². The highest BCUT2D eigenvalue weighted by Gasteiger charge is 2.40. The van der Waals surface area contributed by atoms with Crippen molar-refractivity contribution < 1.29 is 27.5 Å². The summed E-state index contributed by atoms with van der Waals surface area (Å²) in [4.78, 5) is 27.7. The lowest BCUT2D eigenvalue weighted by Gasteiger charge is -2.16. The van der Waals surface area contributed by atoms with E-state index in [1.54, 1.807) is 24.3 Å². The summed E-state index contributed by atoms with van der Waals surface area (Å²) in [5, 5.41) is 2.74. The number of rotatable bonds is 7. The molecule has 1 aliphatic heterocycles. The van der Waals surface area contributed by atoms with Crippen LogP contribution in [0.15, 0.2) is 72.4 Å². The summed E-state index contributed by atoms with van der Waals surface area (Å²) < 4.78 is 46.2. The fraction of sp³-hybridized carbons (Fsp3) is 0.120. The predicted molar refractivity (Wildman–Crippen MR) is 118 cm³/mol. The summed E-state index contributed by atoms with van der Waals surface area (Å²) in [5.74, 6) is -3.53. The van der Waals surface area contributed by atoms with Gasteiger partial charge in [-0.05, 0) is 48.4 Å². The van der Waals surface area contributed by atoms with E-state index < -0.39 is 29.3 Å². The van der Waals surface area contributed by atoms with Gasteiger partial charge in [0, 0.05) is 17.8 Å². The first-order valence-corrected chi connectivity index (χ1v) is 10.2. The summed E-state index contributed by atoms with van der Waals surface area (Å²) >= 11 is 0. The quantitative estimate of drug-likeness (QED) is 0.495. The highest BCUT2D eigenvalue weighted by Crippen LogP contribution is 2.35. The second kappa shape index (κ2) is 9.20. The third kappa shape index (κ3) is 4.45. The number of carbonyl (C=O) groups is 2. The fourth-order valence-corrected chi connectivity index (χ4v) is 3.42. The summed E-state index contributed by atoms with van der Waals surface area (Å²) in [6.45, 7) is 2.42. The molecule has 0 radical (unpaired) electrons. The molecule has 33 heavy (non-hydrogen) atoms. The molecule has 1 heterocycles. The van der Waals surface area contributed by atoms with E-state index in [0.29, 0.717) is 17.9 Å². The van der Waals surface area contributed by atoms with Gasteiger partial charge < -0.3 is 10.1 Å². The number of benzene rings is 3. The van der Waals surface area contributed by atoms with Crippen molar-refractivity contribution >= 4 is 28.8 Å². The first-order valence-electron chi connectivity index (χ1n) is 10.2. The van der Waals surface area contributed by atoms with Crippen molar-refractivity contribution in [1.82, 2.24) is 0 Å². The number of hydrogen-bond acceptors (Lipinski definition) is 4. The second-order valence-electron chi connectivity index (χ2n) is 7.30. The SMILES string of the molecule is CCCOc1cccc(N2C(=O)C(Nc3ccc(F)c(F)c3)=C(c3ccc(F)cc3)C2=O)c1. The lowest BCUT2D eigenvalue weighted by molar-refractivity contribution is -0.120. The van der Waals surface area contributed by atoms with E-state index in [-0.39, 0.29) is 22.6 Å². The van der Waals surface area contributed by atoms with E-state index in [4.69, 9.17) is 4.74 Å². The van der Waals surface area contributed by atoms with Crippen molar-refractivity contribution in [2.24, 2.45) is 0 Å². The molecule has 0 saturated carbocycles. The van der Waals surface area contributed by atoms with Crippen molar-refractivity contribution in [2.75, 3.05) is 16.8 Å². The van der Waals surface area contributed by atoms with Gasteiger partial charge in [-0.25, -0.2) is 18.1 Å². The van der Waals surface area contributed by atoms with Crippen molar-refractivity contribution in [3.63, 3.8) is 0 Å². The van der Waals surface area contributed by atoms with Gasteiger partial charge in [0.15, 0.2) is 11.6 Å². The van der Waals surface area contributed by atoms with Crippen molar-refractivity contribution in [3.05, 3.63) is 95.4 Å². The number of nitrogens with one attached hydrogen (secondary N) is 1. The van der Waals surface area contributed by atoms with Crippen LogP contribution >= 0.6 is 0 Å². The predicted octanol–water partition coefficient (Wildman–Crippen LogP) is 5.29. The average molecular weight is 452 g/mol. The summed E-state index contributed by atoms with van der Waals surface area (Å²) in [5.41, 5.74) is 0.481. The van der Waals surface area contributed by atoms with Crippen LogP contribution in [0.4, 0.5) is 24.5 Å². The second-order valence-corrected chi connectivity index (χ2v) is 7.30. The highest BCUT2D eigenvalue weighted by molar-refractivity contribution is 6.46. The van der Waals surface area contributed by atoms with Crippen LogP contribution in [-0.2, 0) is 9.59 Å². The van der Waals surface area contributed by atoms with Crippen LogP contribution in [0.25, 0.3) is 5.57 Å². The van der Waals surface area contributed by atoms with E-state index >= 15 is 0 Å². The van der Waals surface area contributed by atoms with Gasteiger partial charge in [-0.3, -0.25) is 9.59 Å². The molecule has 3 aromatic carbocycles. The number of halogens is 3. The molecule has 2 amide bonds. The molecule has 0 aliphatic carbocycles. The molecule has 0 atom stereocenters. The number of nitrogens with zero attached hydrogens (tertiary/aromatic N) is 1. The van der Waals surface area contributed by atoms with Crippen LogP contribution in [0, 0.1) is 17.5 Å². The van der Waals surface area contributed by atoms with Crippen molar-refractivity contribution in [3.8, 4) is 5.75 Å². The number of carbonyl (C=O) groups excluding carboxylic acids is 2.